The zero-order valence-corrected chi connectivity index (χ0v) is 20.4. The van der Waals surface area contributed by atoms with E-state index in [-0.39, 0.29) is 21.7 Å². The first-order valence-corrected chi connectivity index (χ1v) is 12.9. The van der Waals surface area contributed by atoms with Crippen molar-refractivity contribution < 1.29 is 29.2 Å². The van der Waals surface area contributed by atoms with E-state index in [1.807, 2.05) is 0 Å². The number of hydrogen-bond acceptors (Lipinski definition) is 6. The first kappa shape index (κ1) is 21.1. The van der Waals surface area contributed by atoms with E-state index < -0.39 is 48.2 Å². The van der Waals surface area contributed by atoms with Crippen molar-refractivity contribution in [3.05, 3.63) is 0 Å². The molecule has 0 aromatic carbocycles. The van der Waals surface area contributed by atoms with Gasteiger partial charge in [-0.3, -0.25) is 0 Å². The maximum absolute atomic E-state index is 11.5. The highest BCUT2D eigenvalue weighted by Crippen LogP contribution is 2.75. The van der Waals surface area contributed by atoms with Crippen molar-refractivity contribution in [3.63, 3.8) is 0 Å². The average molecular weight is 449 g/mol. The minimum absolute atomic E-state index is 0.104. The number of rotatable bonds is 0. The highest BCUT2D eigenvalue weighted by molar-refractivity contribution is 5.22. The minimum atomic E-state index is -0.871. The third kappa shape index (κ3) is 1.90. The normalized spacial score (nSPS) is 65.2. The SMILES string of the molecule is CC1(C)C2CCC1(C)C1(C2)O[C@@H]2C(O)[C@@H]3OC4(CC5CCC4(C)C5(C)C)O[C@H]3C(O)[C@@H]2O1. The summed E-state index contributed by atoms with van der Waals surface area (Å²) in [6.07, 6.45) is 2.05. The molecule has 4 bridgehead atoms. The highest BCUT2D eigenvalue weighted by Gasteiger charge is 2.79. The second-order valence-electron chi connectivity index (χ2n) is 13.8. The smallest absolute Gasteiger partial charge is 0.175 e. The quantitative estimate of drug-likeness (QED) is 0.592. The molecule has 7 aliphatic rings. The Kier molecular flexibility index (Phi) is 3.69. The van der Waals surface area contributed by atoms with Gasteiger partial charge >= 0.3 is 0 Å². The van der Waals surface area contributed by atoms with Crippen LogP contribution in [0.5, 0.6) is 0 Å². The second kappa shape index (κ2) is 5.60. The van der Waals surface area contributed by atoms with Crippen LogP contribution in [-0.2, 0) is 18.9 Å². The lowest BCUT2D eigenvalue weighted by atomic mass is 9.68. The maximum Gasteiger partial charge on any atom is 0.175 e. The standard InChI is InChI=1S/C26H40O6/c1-21(2)13-7-9-23(21,5)25(11-13)29-17-15(27)19-20(16(28)18(17)30-25)32-26(31-19)12-14-8-10-24(26,6)22(14,3)4/h13-20,27-28H,7-12H2,1-6H3/t13?,14?,15?,16?,17-,18-,19-,20+,23?,24?,25?,26?/m0/s1. The molecule has 7 rings (SSSR count). The zero-order valence-electron chi connectivity index (χ0n) is 20.4. The van der Waals surface area contributed by atoms with E-state index in [1.165, 1.54) is 12.8 Å². The molecule has 7 fully saturated rings. The topological polar surface area (TPSA) is 77.4 Å². The Labute approximate surface area is 191 Å². The van der Waals surface area contributed by atoms with Crippen molar-refractivity contribution in [2.24, 2.45) is 33.5 Å². The predicted molar refractivity (Wildman–Crippen MR) is 115 cm³/mol. The Bertz CT molecular complexity index is 774. The lowest BCUT2D eigenvalue weighted by Crippen LogP contribution is -2.61. The van der Waals surface area contributed by atoms with Crippen molar-refractivity contribution in [2.75, 3.05) is 0 Å². The van der Waals surface area contributed by atoms with E-state index in [2.05, 4.69) is 41.5 Å². The summed E-state index contributed by atoms with van der Waals surface area (Å²) in [5.41, 5.74) is -0.0671. The van der Waals surface area contributed by atoms with Crippen LogP contribution in [0.25, 0.3) is 0 Å². The van der Waals surface area contributed by atoms with Crippen molar-refractivity contribution in [2.45, 2.75) is 128 Å². The maximum atomic E-state index is 11.5. The number of fused-ring (bicyclic) bond motifs is 8. The summed E-state index contributed by atoms with van der Waals surface area (Å²) < 4.78 is 26.8. The van der Waals surface area contributed by atoms with E-state index in [0.717, 1.165) is 25.7 Å². The highest BCUT2D eigenvalue weighted by atomic mass is 16.8. The van der Waals surface area contributed by atoms with E-state index in [9.17, 15) is 10.2 Å². The van der Waals surface area contributed by atoms with Gasteiger partial charge < -0.3 is 29.2 Å². The first-order chi connectivity index (χ1) is 14.8. The molecule has 32 heavy (non-hydrogen) atoms. The molecule has 0 amide bonds. The van der Waals surface area contributed by atoms with Crippen LogP contribution in [-0.4, -0.2) is 58.4 Å². The molecule has 0 aromatic heterocycles. The Morgan fingerprint density at radius 3 is 1.09 bits per heavy atom. The van der Waals surface area contributed by atoms with Crippen LogP contribution in [0.4, 0.5) is 0 Å². The van der Waals surface area contributed by atoms with E-state index in [4.69, 9.17) is 18.9 Å². The van der Waals surface area contributed by atoms with Crippen LogP contribution in [0.15, 0.2) is 0 Å². The summed E-state index contributed by atoms with van der Waals surface area (Å²) in [6.45, 7) is 13.8. The van der Waals surface area contributed by atoms with Crippen LogP contribution in [0.1, 0.15) is 80.1 Å². The van der Waals surface area contributed by atoms with Crippen molar-refractivity contribution >= 4 is 0 Å². The molecule has 2 aliphatic heterocycles. The van der Waals surface area contributed by atoms with E-state index in [0.29, 0.717) is 11.8 Å². The van der Waals surface area contributed by atoms with Gasteiger partial charge in [-0.15, -0.1) is 0 Å². The predicted octanol–water partition coefficient (Wildman–Crippen LogP) is 3.37. The van der Waals surface area contributed by atoms with Crippen LogP contribution >= 0.6 is 0 Å². The van der Waals surface area contributed by atoms with E-state index >= 15 is 0 Å². The number of aliphatic hydroxyl groups excluding tert-OH is 2. The fraction of sp³-hybridized carbons (Fsp3) is 1.00. The third-order valence-corrected chi connectivity index (χ3v) is 12.9. The van der Waals surface area contributed by atoms with Crippen LogP contribution in [0.3, 0.4) is 0 Å². The fourth-order valence-electron chi connectivity index (χ4n) is 9.72. The third-order valence-electron chi connectivity index (χ3n) is 12.9. The molecule has 8 unspecified atom stereocenters. The van der Waals surface area contributed by atoms with Gasteiger partial charge in [-0.05, 0) is 48.3 Å². The Hall–Kier alpha value is -0.240. The molecule has 2 saturated heterocycles. The van der Waals surface area contributed by atoms with Gasteiger partial charge in [-0.1, -0.05) is 41.5 Å². The molecule has 2 N–H and O–H groups in total. The Morgan fingerprint density at radius 2 is 0.875 bits per heavy atom. The number of aliphatic hydroxyl groups is 2. The van der Waals surface area contributed by atoms with Gasteiger partial charge in [0, 0.05) is 23.7 Å². The van der Waals surface area contributed by atoms with Crippen LogP contribution in [0.2, 0.25) is 0 Å². The van der Waals surface area contributed by atoms with Gasteiger partial charge in [0.25, 0.3) is 0 Å². The Balaban J connectivity index is 1.21. The summed E-state index contributed by atoms with van der Waals surface area (Å²) in [5.74, 6) is -0.414. The summed E-state index contributed by atoms with van der Waals surface area (Å²) in [7, 11) is 0. The van der Waals surface area contributed by atoms with Gasteiger partial charge in [0.05, 0.1) is 0 Å². The first-order valence-electron chi connectivity index (χ1n) is 12.9. The molecule has 180 valence electrons. The average Bonchev–Trinajstić information content (AvgIpc) is 3.47. The molecule has 12 atom stereocenters. The monoisotopic (exact) mass is 448 g/mol. The van der Waals surface area contributed by atoms with Crippen LogP contribution in [0, 0.1) is 33.5 Å². The molecule has 5 aliphatic carbocycles. The molecule has 0 radical (unpaired) electrons. The largest absolute Gasteiger partial charge is 0.387 e. The summed E-state index contributed by atoms with van der Waals surface area (Å²) >= 11 is 0. The van der Waals surface area contributed by atoms with Crippen molar-refractivity contribution in [1.82, 2.24) is 0 Å². The summed E-state index contributed by atoms with van der Waals surface area (Å²) in [6, 6.07) is 0. The van der Waals surface area contributed by atoms with Gasteiger partial charge in [0.1, 0.15) is 36.6 Å². The molecular weight excluding hydrogens is 408 g/mol. The second-order valence-corrected chi connectivity index (χ2v) is 13.8. The summed E-state index contributed by atoms with van der Waals surface area (Å²) in [4.78, 5) is 0. The molecule has 2 heterocycles. The van der Waals surface area contributed by atoms with Gasteiger partial charge in [0.15, 0.2) is 11.6 Å². The number of ether oxygens (including phenoxy) is 4. The van der Waals surface area contributed by atoms with Crippen LogP contribution < -0.4 is 0 Å². The van der Waals surface area contributed by atoms with Gasteiger partial charge in [0.2, 0.25) is 0 Å². The molecule has 0 aromatic rings. The molecule has 6 nitrogen and oxygen atoms in total. The molecular formula is C26H40O6. The lowest BCUT2D eigenvalue weighted by molar-refractivity contribution is -0.273. The molecule has 2 spiro atoms. The zero-order chi connectivity index (χ0) is 22.7. The van der Waals surface area contributed by atoms with Crippen molar-refractivity contribution in [3.8, 4) is 0 Å². The summed E-state index contributed by atoms with van der Waals surface area (Å²) in [5, 5.41) is 23.0. The van der Waals surface area contributed by atoms with Gasteiger partial charge in [-0.2, -0.15) is 0 Å². The molecule has 5 saturated carbocycles. The van der Waals surface area contributed by atoms with E-state index in [1.54, 1.807) is 0 Å². The number of hydrogen-bond donors (Lipinski definition) is 2. The Morgan fingerprint density at radius 1 is 0.562 bits per heavy atom. The molecule has 6 heteroatoms. The fourth-order valence-corrected chi connectivity index (χ4v) is 9.72. The van der Waals surface area contributed by atoms with Crippen molar-refractivity contribution in [1.29, 1.82) is 0 Å². The minimum Gasteiger partial charge on any atom is -0.387 e. The lowest BCUT2D eigenvalue weighted by Gasteiger charge is -2.45. The van der Waals surface area contributed by atoms with Gasteiger partial charge in [-0.25, -0.2) is 0 Å².